The maximum atomic E-state index is 12.1. The smallest absolute Gasteiger partial charge is 0.335 e. The average Bonchev–Trinajstić information content (AvgIpc) is 2.28. The Labute approximate surface area is 121 Å². The molecule has 0 heterocycles. The molecule has 0 saturated heterocycles. The number of hydrogen-bond acceptors (Lipinski definition) is 3. The number of rotatable bonds is 6. The molecule has 1 rings (SSSR count). The van der Waals surface area contributed by atoms with Crippen LogP contribution >= 0.6 is 15.9 Å². The Morgan fingerprint density at radius 1 is 1.42 bits per heavy atom. The second-order valence-corrected chi connectivity index (χ2v) is 7.12. The molecule has 19 heavy (non-hydrogen) atoms. The Hall–Kier alpha value is -0.920. The summed E-state index contributed by atoms with van der Waals surface area (Å²) in [7, 11) is -3.70. The minimum absolute atomic E-state index is 0.0591. The zero-order chi connectivity index (χ0) is 14.6. The first-order valence-corrected chi connectivity index (χ1v) is 8.04. The van der Waals surface area contributed by atoms with Crippen LogP contribution in [-0.4, -0.2) is 26.0 Å². The van der Waals surface area contributed by atoms with Crippen molar-refractivity contribution in [3.8, 4) is 0 Å². The van der Waals surface area contributed by atoms with Gasteiger partial charge in [0, 0.05) is 11.0 Å². The van der Waals surface area contributed by atoms with E-state index in [2.05, 4.69) is 20.7 Å². The maximum Gasteiger partial charge on any atom is 0.335 e. The van der Waals surface area contributed by atoms with E-state index in [1.54, 1.807) is 0 Å². The third-order valence-electron chi connectivity index (χ3n) is 2.48. The van der Waals surface area contributed by atoms with Crippen molar-refractivity contribution in [2.75, 3.05) is 6.54 Å². The number of nitrogens with one attached hydrogen (secondary N) is 1. The van der Waals surface area contributed by atoms with Gasteiger partial charge in [-0.1, -0.05) is 13.8 Å². The summed E-state index contributed by atoms with van der Waals surface area (Å²) < 4.78 is 27.0. The van der Waals surface area contributed by atoms with Gasteiger partial charge in [-0.2, -0.15) is 0 Å². The fourth-order valence-corrected chi connectivity index (χ4v) is 3.44. The van der Waals surface area contributed by atoms with Crippen molar-refractivity contribution >= 4 is 31.9 Å². The topological polar surface area (TPSA) is 83.5 Å². The Balaban J connectivity index is 3.00. The average molecular weight is 350 g/mol. The number of carboxylic acid groups (broad SMARTS) is 1. The molecule has 0 radical (unpaired) electrons. The summed E-state index contributed by atoms with van der Waals surface area (Å²) in [5.74, 6) is -0.775. The lowest BCUT2D eigenvalue weighted by atomic mass is 10.1. The molecule has 7 heteroatoms. The molecule has 0 unspecified atom stereocenters. The fourth-order valence-electron chi connectivity index (χ4n) is 1.40. The highest BCUT2D eigenvalue weighted by molar-refractivity contribution is 9.10. The molecule has 106 valence electrons. The van der Waals surface area contributed by atoms with Crippen molar-refractivity contribution in [2.24, 2.45) is 5.92 Å². The summed E-state index contributed by atoms with van der Waals surface area (Å²) in [4.78, 5) is 10.8. The van der Waals surface area contributed by atoms with Gasteiger partial charge < -0.3 is 5.11 Å². The number of aromatic carboxylic acids is 1. The van der Waals surface area contributed by atoms with Crippen LogP contribution in [0.15, 0.2) is 27.6 Å². The van der Waals surface area contributed by atoms with Gasteiger partial charge in [0.2, 0.25) is 10.0 Å². The summed E-state index contributed by atoms with van der Waals surface area (Å²) in [5, 5.41) is 8.88. The molecule has 1 aromatic rings. The molecule has 2 N–H and O–H groups in total. The molecule has 0 fully saturated rings. The minimum Gasteiger partial charge on any atom is -0.478 e. The van der Waals surface area contributed by atoms with Crippen LogP contribution in [0.5, 0.6) is 0 Å². The normalized spacial score (nSPS) is 11.8. The molecule has 0 amide bonds. The third kappa shape index (κ3) is 4.59. The minimum atomic E-state index is -3.70. The second-order valence-electron chi connectivity index (χ2n) is 4.53. The Morgan fingerprint density at radius 2 is 2.05 bits per heavy atom. The van der Waals surface area contributed by atoms with Gasteiger partial charge in [0.15, 0.2) is 0 Å². The lowest BCUT2D eigenvalue weighted by molar-refractivity contribution is 0.0696. The fraction of sp³-hybridized carbons (Fsp3) is 0.417. The zero-order valence-corrected chi connectivity index (χ0v) is 13.1. The predicted octanol–water partition coefficient (Wildman–Crippen LogP) is 2.47. The van der Waals surface area contributed by atoms with E-state index >= 15 is 0 Å². The van der Waals surface area contributed by atoms with E-state index in [4.69, 9.17) is 5.11 Å². The van der Waals surface area contributed by atoms with E-state index < -0.39 is 16.0 Å². The summed E-state index contributed by atoms with van der Waals surface area (Å²) in [6, 6.07) is 3.91. The molecule has 0 bridgehead atoms. The van der Waals surface area contributed by atoms with Crippen LogP contribution in [0.1, 0.15) is 30.6 Å². The van der Waals surface area contributed by atoms with Gasteiger partial charge in [-0.25, -0.2) is 17.9 Å². The van der Waals surface area contributed by atoms with Gasteiger partial charge in [-0.15, -0.1) is 0 Å². The highest BCUT2D eigenvalue weighted by Crippen LogP contribution is 2.23. The lowest BCUT2D eigenvalue weighted by Gasteiger charge is -2.10. The molecular weight excluding hydrogens is 334 g/mol. The van der Waals surface area contributed by atoms with Gasteiger partial charge in [0.25, 0.3) is 0 Å². The first-order valence-electron chi connectivity index (χ1n) is 5.76. The highest BCUT2D eigenvalue weighted by atomic mass is 79.9. The summed E-state index contributed by atoms with van der Waals surface area (Å²) in [5.41, 5.74) is -0.0626. The molecule has 1 aromatic carbocycles. The molecule has 0 spiro atoms. The standard InChI is InChI=1S/C12H16BrNO4S/c1-8(2)5-6-14-19(17,18)11-7-9(12(15)16)3-4-10(11)13/h3-4,7-8,14H,5-6H2,1-2H3,(H,15,16). The van der Waals surface area contributed by atoms with Gasteiger partial charge in [-0.05, 0) is 46.5 Å². The number of carboxylic acids is 1. The molecule has 0 aromatic heterocycles. The molecule has 0 aliphatic heterocycles. The van der Waals surface area contributed by atoms with Gasteiger partial charge >= 0.3 is 5.97 Å². The maximum absolute atomic E-state index is 12.1. The number of halogens is 1. The van der Waals surface area contributed by atoms with E-state index in [0.717, 1.165) is 12.5 Å². The first-order chi connectivity index (χ1) is 8.74. The molecule has 0 saturated carbocycles. The van der Waals surface area contributed by atoms with Gasteiger partial charge in [-0.3, -0.25) is 0 Å². The van der Waals surface area contributed by atoms with Crippen LogP contribution in [-0.2, 0) is 10.0 Å². The largest absolute Gasteiger partial charge is 0.478 e. The van der Waals surface area contributed by atoms with Crippen molar-refractivity contribution in [2.45, 2.75) is 25.2 Å². The predicted molar refractivity (Wildman–Crippen MR) is 75.7 cm³/mol. The van der Waals surface area contributed by atoms with Crippen molar-refractivity contribution < 1.29 is 18.3 Å². The van der Waals surface area contributed by atoms with Crippen LogP contribution in [0, 0.1) is 5.92 Å². The number of carbonyl (C=O) groups is 1. The third-order valence-corrected chi connectivity index (χ3v) is 4.94. The molecule has 0 aliphatic rings. The summed E-state index contributed by atoms with van der Waals surface area (Å²) in [6.07, 6.45) is 0.718. The van der Waals surface area contributed by atoms with E-state index in [9.17, 15) is 13.2 Å². The Morgan fingerprint density at radius 3 is 2.58 bits per heavy atom. The lowest BCUT2D eigenvalue weighted by Crippen LogP contribution is -2.26. The van der Waals surface area contributed by atoms with Crippen LogP contribution < -0.4 is 4.72 Å². The summed E-state index contributed by atoms with van der Waals surface area (Å²) in [6.45, 7) is 4.31. The van der Waals surface area contributed by atoms with Crippen molar-refractivity contribution in [1.29, 1.82) is 0 Å². The van der Waals surface area contributed by atoms with Gasteiger partial charge in [0.05, 0.1) is 10.5 Å². The van der Waals surface area contributed by atoms with E-state index in [0.29, 0.717) is 16.9 Å². The molecule has 5 nitrogen and oxygen atoms in total. The van der Waals surface area contributed by atoms with Crippen LogP contribution in [0.3, 0.4) is 0 Å². The Kier molecular flexibility index (Phi) is 5.51. The second kappa shape index (κ2) is 6.49. The summed E-state index contributed by atoms with van der Waals surface area (Å²) >= 11 is 3.12. The van der Waals surface area contributed by atoms with E-state index in [1.165, 1.54) is 12.1 Å². The highest BCUT2D eigenvalue weighted by Gasteiger charge is 2.19. The SMILES string of the molecule is CC(C)CCNS(=O)(=O)c1cc(C(=O)O)ccc1Br. The van der Waals surface area contributed by atoms with E-state index in [1.807, 2.05) is 13.8 Å². The number of benzene rings is 1. The van der Waals surface area contributed by atoms with E-state index in [-0.39, 0.29) is 10.5 Å². The van der Waals surface area contributed by atoms with Crippen molar-refractivity contribution in [1.82, 2.24) is 4.72 Å². The molecule has 0 aliphatic carbocycles. The zero-order valence-electron chi connectivity index (χ0n) is 10.7. The van der Waals surface area contributed by atoms with Gasteiger partial charge in [0.1, 0.15) is 0 Å². The van der Waals surface area contributed by atoms with Crippen molar-refractivity contribution in [3.63, 3.8) is 0 Å². The quantitative estimate of drug-likeness (QED) is 0.826. The number of hydrogen-bond donors (Lipinski definition) is 2. The molecule has 0 atom stereocenters. The van der Waals surface area contributed by atoms with Crippen LogP contribution in [0.4, 0.5) is 0 Å². The van der Waals surface area contributed by atoms with Crippen LogP contribution in [0.2, 0.25) is 0 Å². The number of sulfonamides is 1. The molecular formula is C12H16BrNO4S. The monoisotopic (exact) mass is 349 g/mol. The van der Waals surface area contributed by atoms with Crippen LogP contribution in [0.25, 0.3) is 0 Å². The van der Waals surface area contributed by atoms with Crippen molar-refractivity contribution in [3.05, 3.63) is 28.2 Å². The first kappa shape index (κ1) is 16.1. The Bertz CT molecular complexity index is 569.